The van der Waals surface area contributed by atoms with E-state index in [4.69, 9.17) is 4.52 Å². The third-order valence-electron chi connectivity index (χ3n) is 5.29. The topological polar surface area (TPSA) is 104 Å². The molecule has 4 rings (SSSR count). The van der Waals surface area contributed by atoms with E-state index in [0.29, 0.717) is 37.4 Å². The van der Waals surface area contributed by atoms with Crippen molar-refractivity contribution in [1.82, 2.24) is 25.6 Å². The second kappa shape index (κ2) is 8.85. The van der Waals surface area contributed by atoms with Crippen LogP contribution in [0.1, 0.15) is 45.4 Å². The van der Waals surface area contributed by atoms with Gasteiger partial charge in [-0.1, -0.05) is 35.5 Å². The zero-order valence-corrected chi connectivity index (χ0v) is 16.9. The third-order valence-corrected chi connectivity index (χ3v) is 5.29. The highest BCUT2D eigenvalue weighted by molar-refractivity contribution is 5.93. The van der Waals surface area contributed by atoms with Crippen LogP contribution in [0.5, 0.6) is 0 Å². The van der Waals surface area contributed by atoms with Crippen molar-refractivity contribution in [2.75, 3.05) is 19.6 Å². The van der Waals surface area contributed by atoms with Crippen molar-refractivity contribution in [2.45, 2.75) is 24.9 Å². The number of benzene rings is 1. The van der Waals surface area contributed by atoms with Crippen LogP contribution in [-0.4, -0.2) is 57.9 Å². The normalized spacial score (nSPS) is 15.0. The number of aromatic amines is 1. The van der Waals surface area contributed by atoms with E-state index in [9.17, 15) is 22.8 Å². The van der Waals surface area contributed by atoms with E-state index in [1.165, 1.54) is 6.07 Å². The van der Waals surface area contributed by atoms with Crippen molar-refractivity contribution >= 4 is 11.8 Å². The number of hydrogen-bond acceptors (Lipinski definition) is 5. The molecule has 0 spiro atoms. The minimum Gasteiger partial charge on any atom is -0.355 e. The van der Waals surface area contributed by atoms with Gasteiger partial charge in [-0.25, -0.2) is 0 Å². The molecule has 168 valence electrons. The molecular weight excluding hydrogens is 427 g/mol. The summed E-state index contributed by atoms with van der Waals surface area (Å²) in [4.78, 5) is 26.3. The molecule has 2 N–H and O–H groups in total. The number of nitrogens with zero attached hydrogens (tertiary/aromatic N) is 3. The van der Waals surface area contributed by atoms with E-state index in [0.717, 1.165) is 5.56 Å². The van der Waals surface area contributed by atoms with Gasteiger partial charge in [0.1, 0.15) is 12.2 Å². The van der Waals surface area contributed by atoms with Crippen LogP contribution in [-0.2, 0) is 0 Å². The van der Waals surface area contributed by atoms with Gasteiger partial charge in [-0.15, -0.1) is 0 Å². The Bertz CT molecular complexity index is 1090. The van der Waals surface area contributed by atoms with Gasteiger partial charge >= 0.3 is 6.18 Å². The van der Waals surface area contributed by atoms with Gasteiger partial charge in [-0.05, 0) is 18.9 Å². The fraction of sp³-hybridized carbons (Fsp3) is 0.333. The first-order valence-electron chi connectivity index (χ1n) is 10.0. The molecular formula is C21H20F3N5O3. The molecule has 2 amide bonds. The molecule has 0 atom stereocenters. The quantitative estimate of drug-likeness (QED) is 0.624. The Morgan fingerprint density at radius 1 is 1.12 bits per heavy atom. The van der Waals surface area contributed by atoms with Crippen molar-refractivity contribution in [3.8, 4) is 11.3 Å². The van der Waals surface area contributed by atoms with E-state index in [1.54, 1.807) is 16.3 Å². The summed E-state index contributed by atoms with van der Waals surface area (Å²) in [5.41, 5.74) is 1.61. The molecule has 3 heterocycles. The molecule has 1 aliphatic rings. The van der Waals surface area contributed by atoms with Crippen molar-refractivity contribution in [2.24, 2.45) is 0 Å². The third kappa shape index (κ3) is 4.98. The Labute approximate surface area is 180 Å². The van der Waals surface area contributed by atoms with Gasteiger partial charge in [-0.3, -0.25) is 14.7 Å². The summed E-state index contributed by atoms with van der Waals surface area (Å²) in [6, 6.07) is 12.4. The van der Waals surface area contributed by atoms with Crippen molar-refractivity contribution < 1.29 is 27.3 Å². The highest BCUT2D eigenvalue weighted by Gasteiger charge is 2.30. The van der Waals surface area contributed by atoms with E-state index in [1.807, 2.05) is 30.3 Å². The molecule has 0 saturated carbocycles. The summed E-state index contributed by atoms with van der Waals surface area (Å²) in [5.74, 6) is -0.602. The minimum absolute atomic E-state index is 0.00732. The molecule has 0 aliphatic carbocycles. The smallest absolute Gasteiger partial charge is 0.355 e. The van der Waals surface area contributed by atoms with Gasteiger partial charge in [0.25, 0.3) is 11.8 Å². The van der Waals surface area contributed by atoms with Gasteiger partial charge in [0.15, 0.2) is 11.5 Å². The maximum atomic E-state index is 12.8. The Hall–Kier alpha value is -3.63. The van der Waals surface area contributed by atoms with Crippen LogP contribution < -0.4 is 5.32 Å². The number of amides is 2. The van der Waals surface area contributed by atoms with E-state index in [2.05, 4.69) is 15.4 Å². The van der Waals surface area contributed by atoms with E-state index >= 15 is 0 Å². The molecule has 32 heavy (non-hydrogen) atoms. The molecule has 8 nitrogen and oxygen atoms in total. The molecule has 1 aromatic carbocycles. The Morgan fingerprint density at radius 3 is 2.53 bits per heavy atom. The fourth-order valence-corrected chi connectivity index (χ4v) is 3.60. The first-order valence-corrected chi connectivity index (χ1v) is 10.0. The van der Waals surface area contributed by atoms with E-state index < -0.39 is 18.6 Å². The van der Waals surface area contributed by atoms with E-state index in [-0.39, 0.29) is 23.2 Å². The van der Waals surface area contributed by atoms with Crippen LogP contribution in [0.2, 0.25) is 0 Å². The number of likely N-dealkylation sites (tertiary alicyclic amines) is 1. The molecule has 3 aromatic rings. The Balaban J connectivity index is 1.33. The lowest BCUT2D eigenvalue weighted by Crippen LogP contribution is -2.38. The van der Waals surface area contributed by atoms with Crippen molar-refractivity contribution in [1.29, 1.82) is 0 Å². The number of hydrogen-bond donors (Lipinski definition) is 2. The Morgan fingerprint density at radius 2 is 1.84 bits per heavy atom. The molecule has 1 saturated heterocycles. The molecule has 11 heteroatoms. The Kier molecular flexibility index (Phi) is 5.97. The first-order chi connectivity index (χ1) is 15.3. The molecule has 1 fully saturated rings. The number of aromatic nitrogens is 3. The molecule has 2 aromatic heterocycles. The van der Waals surface area contributed by atoms with Gasteiger partial charge in [-0.2, -0.15) is 18.3 Å². The maximum Gasteiger partial charge on any atom is 0.405 e. The molecule has 0 radical (unpaired) electrons. The number of piperidine rings is 1. The molecule has 0 unspecified atom stereocenters. The lowest BCUT2D eigenvalue weighted by atomic mass is 9.93. The van der Waals surface area contributed by atoms with Crippen LogP contribution in [0.25, 0.3) is 11.3 Å². The zero-order chi connectivity index (χ0) is 22.7. The number of nitrogens with one attached hydrogen (secondary N) is 2. The monoisotopic (exact) mass is 447 g/mol. The number of halogens is 3. The number of carbonyl (C=O) groups is 2. The second-order valence-electron chi connectivity index (χ2n) is 7.52. The van der Waals surface area contributed by atoms with Gasteiger partial charge in [0, 0.05) is 36.3 Å². The molecule has 0 bridgehead atoms. The summed E-state index contributed by atoms with van der Waals surface area (Å²) >= 11 is 0. The number of alkyl halides is 3. The molecule has 1 aliphatic heterocycles. The first kappa shape index (κ1) is 21.6. The SMILES string of the molecule is O=C(NCC(F)(F)F)c1cc(C2CCN(C(=O)c3cc(-c4ccccc4)on3)CC2)[nH]n1. The van der Waals surface area contributed by atoms with Crippen LogP contribution in [0.15, 0.2) is 47.0 Å². The summed E-state index contributed by atoms with van der Waals surface area (Å²) in [5, 5.41) is 12.2. The predicted molar refractivity (Wildman–Crippen MR) is 107 cm³/mol. The number of H-pyrrole nitrogens is 1. The number of rotatable bonds is 5. The standard InChI is InChI=1S/C21H20F3N5O3/c22-21(23,24)12-25-19(30)16-10-15(26-27-16)13-6-8-29(9-7-13)20(31)17-11-18(32-28-17)14-4-2-1-3-5-14/h1-5,10-11,13H,6-9,12H2,(H,25,30)(H,26,27). The highest BCUT2D eigenvalue weighted by Crippen LogP contribution is 2.28. The summed E-state index contributed by atoms with van der Waals surface area (Å²) in [6.45, 7) is -0.486. The lowest BCUT2D eigenvalue weighted by molar-refractivity contribution is -0.123. The van der Waals surface area contributed by atoms with Crippen LogP contribution in [0.4, 0.5) is 13.2 Å². The predicted octanol–water partition coefficient (Wildman–Crippen LogP) is 3.38. The number of carbonyl (C=O) groups excluding carboxylic acids is 2. The van der Waals surface area contributed by atoms with Crippen LogP contribution >= 0.6 is 0 Å². The zero-order valence-electron chi connectivity index (χ0n) is 16.9. The van der Waals surface area contributed by atoms with Crippen molar-refractivity contribution in [3.05, 3.63) is 59.5 Å². The van der Waals surface area contributed by atoms with Gasteiger partial charge < -0.3 is 14.7 Å². The van der Waals surface area contributed by atoms with Gasteiger partial charge in [0.05, 0.1) is 0 Å². The summed E-state index contributed by atoms with van der Waals surface area (Å²) in [6.07, 6.45) is -3.26. The van der Waals surface area contributed by atoms with Crippen molar-refractivity contribution in [3.63, 3.8) is 0 Å². The summed E-state index contributed by atoms with van der Waals surface area (Å²) in [7, 11) is 0. The fourth-order valence-electron chi connectivity index (χ4n) is 3.60. The van der Waals surface area contributed by atoms with Crippen LogP contribution in [0, 0.1) is 0 Å². The maximum absolute atomic E-state index is 12.8. The average molecular weight is 447 g/mol. The largest absolute Gasteiger partial charge is 0.405 e. The summed E-state index contributed by atoms with van der Waals surface area (Å²) < 4.78 is 42.1. The average Bonchev–Trinajstić information content (AvgIpc) is 3.48. The minimum atomic E-state index is -4.49. The van der Waals surface area contributed by atoms with Crippen LogP contribution in [0.3, 0.4) is 0 Å². The van der Waals surface area contributed by atoms with Gasteiger partial charge in [0.2, 0.25) is 0 Å². The highest BCUT2D eigenvalue weighted by atomic mass is 19.4. The second-order valence-corrected chi connectivity index (χ2v) is 7.52. The lowest BCUT2D eigenvalue weighted by Gasteiger charge is -2.30.